The fourth-order valence-electron chi connectivity index (χ4n) is 1.11. The van der Waals surface area contributed by atoms with Crippen molar-refractivity contribution in [3.63, 3.8) is 0 Å². The molecule has 0 spiro atoms. The monoisotopic (exact) mass is 203 g/mol. The second-order valence-corrected chi connectivity index (χ2v) is 4.19. The number of nitrogens with two attached hydrogens (primary N) is 3. The molecule has 0 amide bonds. The molecule has 3 unspecified atom stereocenters. The molecule has 0 saturated heterocycles. The Morgan fingerprint density at radius 2 is 1.36 bits per heavy atom. The molecule has 0 aromatic carbocycles. The molecule has 14 heavy (non-hydrogen) atoms. The number of rotatable bonds is 6. The molecule has 0 fully saturated rings. The first-order valence-corrected chi connectivity index (χ1v) is 5.13. The minimum atomic E-state index is -0.370. The smallest absolute Gasteiger partial charge is 0.0730 e. The van der Waals surface area contributed by atoms with Crippen LogP contribution in [-0.4, -0.2) is 30.5 Å². The van der Waals surface area contributed by atoms with Gasteiger partial charge in [0, 0.05) is 18.1 Å². The molecule has 0 aliphatic heterocycles. The minimum Gasteiger partial charge on any atom is -0.325 e. The van der Waals surface area contributed by atoms with Gasteiger partial charge in [0.1, 0.15) is 0 Å². The molecule has 5 nitrogen and oxygen atoms in total. The van der Waals surface area contributed by atoms with E-state index < -0.39 is 0 Å². The maximum absolute atomic E-state index is 5.83. The molecule has 0 heterocycles. The highest BCUT2D eigenvalue weighted by Gasteiger charge is 2.18. The van der Waals surface area contributed by atoms with Crippen LogP contribution in [-0.2, 0) is 0 Å². The van der Waals surface area contributed by atoms with E-state index in [9.17, 15) is 0 Å². The summed E-state index contributed by atoms with van der Waals surface area (Å²) in [4.78, 5) is 0. The van der Waals surface area contributed by atoms with Crippen LogP contribution in [0.4, 0.5) is 0 Å². The minimum absolute atomic E-state index is 0.0126. The molecule has 0 rings (SSSR count). The van der Waals surface area contributed by atoms with Gasteiger partial charge in [-0.3, -0.25) is 10.6 Å². The van der Waals surface area contributed by atoms with Crippen molar-refractivity contribution < 1.29 is 0 Å². The fourth-order valence-corrected chi connectivity index (χ4v) is 1.11. The molecule has 0 saturated carbocycles. The molecule has 0 aliphatic carbocycles. The van der Waals surface area contributed by atoms with Crippen LogP contribution in [0.3, 0.4) is 0 Å². The van der Waals surface area contributed by atoms with E-state index in [1.165, 1.54) is 0 Å². The maximum atomic E-state index is 5.83. The van der Waals surface area contributed by atoms with Gasteiger partial charge in [0.15, 0.2) is 0 Å². The molecule has 0 aliphatic rings. The van der Waals surface area contributed by atoms with Crippen LogP contribution < -0.4 is 27.8 Å². The highest BCUT2D eigenvalue weighted by Crippen LogP contribution is 1.92. The molecule has 0 aromatic rings. The largest absolute Gasteiger partial charge is 0.325 e. The average molecular weight is 203 g/mol. The number of nitrogens with one attached hydrogen (secondary N) is 2. The zero-order valence-electron chi connectivity index (χ0n) is 9.62. The van der Waals surface area contributed by atoms with E-state index in [-0.39, 0.29) is 24.4 Å². The van der Waals surface area contributed by atoms with E-state index in [1.807, 2.05) is 13.8 Å². The van der Waals surface area contributed by atoms with E-state index in [2.05, 4.69) is 24.5 Å². The third-order valence-electron chi connectivity index (χ3n) is 2.06. The van der Waals surface area contributed by atoms with Crippen LogP contribution in [0.15, 0.2) is 0 Å². The molecule has 0 aromatic heterocycles. The van der Waals surface area contributed by atoms with E-state index in [0.29, 0.717) is 6.04 Å². The normalized spacial score (nSPS) is 18.6. The van der Waals surface area contributed by atoms with Gasteiger partial charge in [-0.15, -0.1) is 0 Å². The average Bonchev–Trinajstić information content (AvgIpc) is 2.01. The van der Waals surface area contributed by atoms with Gasteiger partial charge < -0.3 is 17.2 Å². The number of hydrogen-bond donors (Lipinski definition) is 5. The van der Waals surface area contributed by atoms with Crippen molar-refractivity contribution in [1.29, 1.82) is 0 Å². The van der Waals surface area contributed by atoms with Crippen LogP contribution in [0.1, 0.15) is 27.7 Å². The summed E-state index contributed by atoms with van der Waals surface area (Å²) < 4.78 is 0. The molecule has 86 valence electrons. The molecule has 0 bridgehead atoms. The first-order chi connectivity index (χ1) is 6.34. The van der Waals surface area contributed by atoms with Crippen molar-refractivity contribution >= 4 is 0 Å². The summed E-state index contributed by atoms with van der Waals surface area (Å²) in [6, 6.07) is 0.426. The van der Waals surface area contributed by atoms with Crippen LogP contribution in [0.5, 0.6) is 0 Å². The van der Waals surface area contributed by atoms with Gasteiger partial charge in [-0.2, -0.15) is 0 Å². The Hall–Kier alpha value is -0.200. The Morgan fingerprint density at radius 3 is 1.64 bits per heavy atom. The highest BCUT2D eigenvalue weighted by atomic mass is 15.2. The third kappa shape index (κ3) is 5.51. The van der Waals surface area contributed by atoms with Gasteiger partial charge in [-0.05, 0) is 27.7 Å². The Bertz CT molecular complexity index is 146. The van der Waals surface area contributed by atoms with Crippen molar-refractivity contribution in [1.82, 2.24) is 10.6 Å². The third-order valence-corrected chi connectivity index (χ3v) is 2.06. The van der Waals surface area contributed by atoms with E-state index in [0.717, 1.165) is 0 Å². The summed E-state index contributed by atoms with van der Waals surface area (Å²) >= 11 is 0. The van der Waals surface area contributed by atoms with Crippen molar-refractivity contribution in [3.8, 4) is 0 Å². The Morgan fingerprint density at radius 1 is 0.857 bits per heavy atom. The van der Waals surface area contributed by atoms with Gasteiger partial charge in [0.05, 0.1) is 12.3 Å². The van der Waals surface area contributed by atoms with Crippen LogP contribution in [0.2, 0.25) is 0 Å². The summed E-state index contributed by atoms with van der Waals surface area (Å²) in [6.45, 7) is 8.04. The van der Waals surface area contributed by atoms with E-state index >= 15 is 0 Å². The molecular weight excluding hydrogens is 178 g/mol. The summed E-state index contributed by atoms with van der Waals surface area (Å²) in [5.74, 6) is 0. The fraction of sp³-hybridized carbons (Fsp3) is 1.00. The maximum Gasteiger partial charge on any atom is 0.0730 e. The van der Waals surface area contributed by atoms with Crippen molar-refractivity contribution in [2.24, 2.45) is 17.2 Å². The molecule has 0 radical (unpaired) electrons. The predicted octanol–water partition coefficient (Wildman–Crippen LogP) is -1.12. The van der Waals surface area contributed by atoms with Gasteiger partial charge in [-0.1, -0.05) is 0 Å². The van der Waals surface area contributed by atoms with Crippen molar-refractivity contribution in [2.75, 3.05) is 0 Å². The topological polar surface area (TPSA) is 102 Å². The summed E-state index contributed by atoms with van der Waals surface area (Å²) in [5.41, 5.74) is 17.0. The molecule has 3 atom stereocenters. The van der Waals surface area contributed by atoms with Gasteiger partial charge in [0.2, 0.25) is 0 Å². The summed E-state index contributed by atoms with van der Waals surface area (Å²) in [7, 11) is 0. The lowest BCUT2D eigenvalue weighted by molar-refractivity contribution is 0.302. The lowest BCUT2D eigenvalue weighted by Gasteiger charge is -2.30. The second-order valence-electron chi connectivity index (χ2n) is 4.19. The van der Waals surface area contributed by atoms with Gasteiger partial charge in [-0.25, -0.2) is 0 Å². The highest BCUT2D eigenvalue weighted by molar-refractivity contribution is 4.80. The van der Waals surface area contributed by atoms with Gasteiger partial charge >= 0.3 is 0 Å². The summed E-state index contributed by atoms with van der Waals surface area (Å²) in [6.07, 6.45) is -0.329. The van der Waals surface area contributed by atoms with E-state index in [4.69, 9.17) is 17.2 Å². The predicted molar refractivity (Wildman–Crippen MR) is 60.5 cm³/mol. The van der Waals surface area contributed by atoms with Crippen LogP contribution in [0, 0.1) is 0 Å². The molecular formula is C9H25N5. The zero-order valence-corrected chi connectivity index (χ0v) is 9.62. The van der Waals surface area contributed by atoms with Crippen molar-refractivity contribution in [2.45, 2.75) is 58.2 Å². The quantitative estimate of drug-likeness (QED) is 0.352. The van der Waals surface area contributed by atoms with Crippen LogP contribution >= 0.6 is 0 Å². The first-order valence-electron chi connectivity index (χ1n) is 5.13. The number of hydrogen-bond acceptors (Lipinski definition) is 5. The molecule has 5 heteroatoms. The lowest BCUT2D eigenvalue weighted by atomic mass is 10.2. The van der Waals surface area contributed by atoms with E-state index in [1.54, 1.807) is 0 Å². The Kier molecular flexibility index (Phi) is 6.22. The lowest BCUT2D eigenvalue weighted by Crippen LogP contribution is -2.61. The SMILES string of the molecule is CC(C)NC(NC(C)C(N)N)C(C)N. The first kappa shape index (κ1) is 13.8. The second kappa shape index (κ2) is 6.31. The Labute approximate surface area is 86.8 Å². The Balaban J connectivity index is 4.09. The van der Waals surface area contributed by atoms with Gasteiger partial charge in [0.25, 0.3) is 0 Å². The molecule has 8 N–H and O–H groups in total. The van der Waals surface area contributed by atoms with Crippen LogP contribution in [0.25, 0.3) is 0 Å². The zero-order chi connectivity index (χ0) is 11.3. The summed E-state index contributed by atoms with van der Waals surface area (Å²) in [5, 5.41) is 6.58. The standard InChI is InChI=1S/C9H25N5/c1-5(2)13-9(6(3)10)14-7(4)8(11)12/h5-9,13-14H,10-12H2,1-4H3. The van der Waals surface area contributed by atoms with Crippen molar-refractivity contribution in [3.05, 3.63) is 0 Å².